The molecule has 1 fully saturated rings. The van der Waals surface area contributed by atoms with E-state index in [9.17, 15) is 8.42 Å². The first-order valence-electron chi connectivity index (χ1n) is 8.55. The fourth-order valence-corrected chi connectivity index (χ4v) is 4.50. The van der Waals surface area contributed by atoms with Crippen molar-refractivity contribution in [3.8, 4) is 11.5 Å². The monoisotopic (exact) mass is 376 g/mol. The zero-order chi connectivity index (χ0) is 18.0. The maximum atomic E-state index is 13.0. The molecule has 0 bridgehead atoms. The number of ether oxygens (including phenoxy) is 2. The number of nitrogens with zero attached hydrogens (tertiary/aromatic N) is 4. The highest BCUT2D eigenvalue weighted by molar-refractivity contribution is 7.89. The molecule has 3 heterocycles. The number of fused-ring (bicyclic) bond motifs is 1. The molecule has 4 rings (SSSR count). The smallest absolute Gasteiger partial charge is 0.243 e. The fourth-order valence-electron chi connectivity index (χ4n) is 3.07. The lowest BCUT2D eigenvalue weighted by Gasteiger charge is -2.34. The Kier molecular flexibility index (Phi) is 4.64. The van der Waals surface area contributed by atoms with Crippen LogP contribution in [0.4, 0.5) is 5.82 Å². The summed E-state index contributed by atoms with van der Waals surface area (Å²) in [6, 6.07) is 4.81. The molecule has 0 spiro atoms. The molecule has 26 heavy (non-hydrogen) atoms. The molecule has 1 aromatic heterocycles. The quantitative estimate of drug-likeness (QED) is 0.794. The van der Waals surface area contributed by atoms with Gasteiger partial charge in [-0.25, -0.2) is 13.4 Å². The summed E-state index contributed by atoms with van der Waals surface area (Å²) in [5, 5.41) is 0. The molecule has 2 aliphatic rings. The summed E-state index contributed by atoms with van der Waals surface area (Å²) in [5.74, 6) is 1.84. The van der Waals surface area contributed by atoms with E-state index >= 15 is 0 Å². The third-order valence-electron chi connectivity index (χ3n) is 4.47. The second-order valence-corrected chi connectivity index (χ2v) is 8.05. The van der Waals surface area contributed by atoms with Gasteiger partial charge in [-0.3, -0.25) is 4.98 Å². The molecule has 0 amide bonds. The average Bonchev–Trinajstić information content (AvgIpc) is 2.93. The largest absolute Gasteiger partial charge is 0.490 e. The average molecular weight is 376 g/mol. The predicted octanol–water partition coefficient (Wildman–Crippen LogP) is 1.15. The zero-order valence-corrected chi connectivity index (χ0v) is 15.1. The molecule has 0 radical (unpaired) electrons. The topological polar surface area (TPSA) is 84.9 Å². The Labute approximate surface area is 152 Å². The summed E-state index contributed by atoms with van der Waals surface area (Å²) in [5.41, 5.74) is 0. The third-order valence-corrected chi connectivity index (χ3v) is 6.36. The van der Waals surface area contributed by atoms with Crippen LogP contribution in [0.15, 0.2) is 41.7 Å². The van der Waals surface area contributed by atoms with Crippen molar-refractivity contribution in [1.29, 1.82) is 0 Å². The van der Waals surface area contributed by atoms with Crippen molar-refractivity contribution in [3.63, 3.8) is 0 Å². The van der Waals surface area contributed by atoms with Gasteiger partial charge < -0.3 is 14.4 Å². The van der Waals surface area contributed by atoms with E-state index in [0.717, 1.165) is 12.2 Å². The number of benzene rings is 1. The number of hydrogen-bond donors (Lipinski definition) is 0. The minimum Gasteiger partial charge on any atom is -0.490 e. The van der Waals surface area contributed by atoms with Crippen LogP contribution in [0.1, 0.15) is 6.42 Å². The minimum atomic E-state index is -3.58. The highest BCUT2D eigenvalue weighted by Crippen LogP contribution is 2.33. The van der Waals surface area contributed by atoms with Gasteiger partial charge in [-0.1, -0.05) is 0 Å². The molecule has 1 aromatic carbocycles. The van der Waals surface area contributed by atoms with Crippen molar-refractivity contribution in [2.24, 2.45) is 0 Å². The van der Waals surface area contributed by atoms with Gasteiger partial charge >= 0.3 is 0 Å². The van der Waals surface area contributed by atoms with Crippen LogP contribution in [0.25, 0.3) is 0 Å². The molecule has 0 aliphatic carbocycles. The van der Waals surface area contributed by atoms with Gasteiger partial charge in [0.15, 0.2) is 11.5 Å². The lowest BCUT2D eigenvalue weighted by molar-refractivity contribution is 0.296. The standard InChI is InChI=1S/C17H20N4O4S/c22-26(23,14-2-3-15-16(12-14)25-11-1-10-24-15)21-8-6-20(7-9-21)17-13-18-4-5-19-17/h2-5,12-13H,1,6-11H2. The Bertz CT molecular complexity index is 868. The number of hydrogen-bond acceptors (Lipinski definition) is 7. The van der Waals surface area contributed by atoms with Gasteiger partial charge in [-0.15, -0.1) is 0 Å². The first-order chi connectivity index (χ1) is 12.6. The normalized spacial score (nSPS) is 18.4. The van der Waals surface area contributed by atoms with Crippen LogP contribution in [-0.2, 0) is 10.0 Å². The highest BCUT2D eigenvalue weighted by Gasteiger charge is 2.30. The van der Waals surface area contributed by atoms with E-state index < -0.39 is 10.0 Å². The van der Waals surface area contributed by atoms with Crippen molar-refractivity contribution >= 4 is 15.8 Å². The van der Waals surface area contributed by atoms with Gasteiger partial charge in [0, 0.05) is 51.1 Å². The lowest BCUT2D eigenvalue weighted by Crippen LogP contribution is -2.48. The first-order valence-corrected chi connectivity index (χ1v) is 9.99. The molecule has 0 N–H and O–H groups in total. The van der Waals surface area contributed by atoms with Gasteiger partial charge in [0.1, 0.15) is 5.82 Å². The molecule has 9 heteroatoms. The van der Waals surface area contributed by atoms with Gasteiger partial charge in [0.05, 0.1) is 24.3 Å². The molecular weight excluding hydrogens is 356 g/mol. The molecule has 138 valence electrons. The van der Waals surface area contributed by atoms with Crippen LogP contribution in [-0.4, -0.2) is 62.1 Å². The van der Waals surface area contributed by atoms with Crippen LogP contribution in [0.5, 0.6) is 11.5 Å². The summed E-state index contributed by atoms with van der Waals surface area (Å²) in [7, 11) is -3.58. The third kappa shape index (κ3) is 3.32. The minimum absolute atomic E-state index is 0.231. The van der Waals surface area contributed by atoms with E-state index in [1.54, 1.807) is 36.8 Å². The van der Waals surface area contributed by atoms with Crippen LogP contribution < -0.4 is 14.4 Å². The Balaban J connectivity index is 1.50. The van der Waals surface area contributed by atoms with E-state index in [-0.39, 0.29) is 4.90 Å². The second-order valence-electron chi connectivity index (χ2n) is 6.11. The summed E-state index contributed by atoms with van der Waals surface area (Å²) in [6.07, 6.45) is 5.72. The zero-order valence-electron chi connectivity index (χ0n) is 14.2. The molecule has 0 unspecified atom stereocenters. The van der Waals surface area contributed by atoms with Crippen LogP contribution in [0, 0.1) is 0 Å². The van der Waals surface area contributed by atoms with E-state index in [4.69, 9.17) is 9.47 Å². The Morgan fingerprint density at radius 1 is 0.962 bits per heavy atom. The highest BCUT2D eigenvalue weighted by atomic mass is 32.2. The number of piperazine rings is 1. The number of aromatic nitrogens is 2. The SMILES string of the molecule is O=S(=O)(c1ccc2c(c1)OCCCO2)N1CCN(c2cnccn2)CC1. The first kappa shape index (κ1) is 17.0. The summed E-state index contributed by atoms with van der Waals surface area (Å²) < 4.78 is 38.7. The van der Waals surface area contributed by atoms with E-state index in [1.165, 1.54) is 4.31 Å². The van der Waals surface area contributed by atoms with Crippen molar-refractivity contribution in [3.05, 3.63) is 36.8 Å². The molecule has 8 nitrogen and oxygen atoms in total. The molecule has 0 atom stereocenters. The molecule has 1 saturated heterocycles. The Morgan fingerprint density at radius 2 is 1.73 bits per heavy atom. The van der Waals surface area contributed by atoms with Gasteiger partial charge in [0.25, 0.3) is 0 Å². The van der Waals surface area contributed by atoms with E-state index in [1.807, 2.05) is 4.90 Å². The van der Waals surface area contributed by atoms with Crippen LogP contribution in [0.2, 0.25) is 0 Å². The van der Waals surface area contributed by atoms with Gasteiger partial charge in [-0.2, -0.15) is 4.31 Å². The Morgan fingerprint density at radius 3 is 2.46 bits per heavy atom. The molecule has 2 aliphatic heterocycles. The second kappa shape index (κ2) is 7.08. The van der Waals surface area contributed by atoms with Gasteiger partial charge in [-0.05, 0) is 12.1 Å². The predicted molar refractivity (Wildman–Crippen MR) is 95.1 cm³/mol. The maximum absolute atomic E-state index is 13.0. The van der Waals surface area contributed by atoms with Crippen molar-refractivity contribution in [1.82, 2.24) is 14.3 Å². The fraction of sp³-hybridized carbons (Fsp3) is 0.412. The summed E-state index contributed by atoms with van der Waals surface area (Å²) >= 11 is 0. The lowest BCUT2D eigenvalue weighted by atomic mass is 10.3. The Hall–Kier alpha value is -2.39. The molecular formula is C17H20N4O4S. The van der Waals surface area contributed by atoms with Gasteiger partial charge in [0.2, 0.25) is 10.0 Å². The van der Waals surface area contributed by atoms with Crippen LogP contribution in [0.3, 0.4) is 0 Å². The summed E-state index contributed by atoms with van der Waals surface area (Å²) in [6.45, 7) is 3.03. The van der Waals surface area contributed by atoms with Crippen molar-refractivity contribution < 1.29 is 17.9 Å². The molecule has 0 saturated carbocycles. The summed E-state index contributed by atoms with van der Waals surface area (Å²) in [4.78, 5) is 10.6. The van der Waals surface area contributed by atoms with E-state index in [2.05, 4.69) is 9.97 Å². The number of anilines is 1. The van der Waals surface area contributed by atoms with Crippen molar-refractivity contribution in [2.45, 2.75) is 11.3 Å². The van der Waals surface area contributed by atoms with Crippen molar-refractivity contribution in [2.75, 3.05) is 44.3 Å². The number of rotatable bonds is 3. The van der Waals surface area contributed by atoms with Crippen LogP contribution >= 0.6 is 0 Å². The number of sulfonamides is 1. The maximum Gasteiger partial charge on any atom is 0.243 e. The molecule has 2 aromatic rings. The van der Waals surface area contributed by atoms with E-state index in [0.29, 0.717) is 50.9 Å².